The molecule has 1 aromatic heterocycles. The number of hydrogen-bond acceptors (Lipinski definition) is 4. The minimum absolute atomic E-state index is 0.607. The van der Waals surface area contributed by atoms with Gasteiger partial charge in [0.1, 0.15) is 0 Å². The monoisotopic (exact) mass is 389 g/mol. The zero-order chi connectivity index (χ0) is 19.3. The highest BCUT2D eigenvalue weighted by Crippen LogP contribution is 2.10. The van der Waals surface area contributed by atoms with Gasteiger partial charge in [-0.2, -0.15) is 0 Å². The van der Waals surface area contributed by atoms with Gasteiger partial charge in [-0.05, 0) is 35.9 Å². The van der Waals surface area contributed by atoms with Crippen molar-refractivity contribution in [1.82, 2.24) is 10.2 Å². The van der Waals surface area contributed by atoms with Crippen LogP contribution in [0, 0.1) is 0 Å². The van der Waals surface area contributed by atoms with E-state index in [9.17, 15) is 0 Å². The van der Waals surface area contributed by atoms with Crippen LogP contribution in [-0.4, -0.2) is 51.3 Å². The van der Waals surface area contributed by atoms with E-state index in [1.54, 1.807) is 11.3 Å². The first kappa shape index (κ1) is 21.4. The number of rotatable bonds is 11. The van der Waals surface area contributed by atoms with Crippen LogP contribution in [0.3, 0.4) is 0 Å². The second kappa shape index (κ2) is 12.5. The summed E-state index contributed by atoms with van der Waals surface area (Å²) in [4.78, 5) is 7.96. The maximum Gasteiger partial charge on any atom is 0.193 e. The van der Waals surface area contributed by atoms with Gasteiger partial charge in [-0.25, -0.2) is 0 Å². The third-order valence-electron chi connectivity index (χ3n) is 4.13. The Morgan fingerprint density at radius 2 is 1.96 bits per heavy atom. The number of ether oxygens (including phenoxy) is 2. The Balaban J connectivity index is 1.77. The van der Waals surface area contributed by atoms with Crippen molar-refractivity contribution in [1.29, 1.82) is 0 Å². The largest absolute Gasteiger partial charge is 0.379 e. The molecule has 6 heteroatoms. The summed E-state index contributed by atoms with van der Waals surface area (Å²) in [6.07, 6.45) is 1.03. The summed E-state index contributed by atoms with van der Waals surface area (Å²) >= 11 is 1.80. The van der Waals surface area contributed by atoms with Crippen LogP contribution in [0.15, 0.2) is 46.8 Å². The number of hydrogen-bond donors (Lipinski definition) is 1. The third-order valence-corrected chi connectivity index (χ3v) is 5.07. The first-order chi connectivity index (χ1) is 13.2. The summed E-state index contributed by atoms with van der Waals surface area (Å²) in [6.45, 7) is 6.27. The molecule has 0 saturated carbocycles. The first-order valence-corrected chi connectivity index (χ1v) is 10.3. The molecule has 1 aromatic carbocycles. The van der Waals surface area contributed by atoms with Crippen molar-refractivity contribution in [2.75, 3.05) is 40.5 Å². The molecule has 0 amide bonds. The lowest BCUT2D eigenvalue weighted by atomic mass is 10.1. The standard InChI is InChI=1S/C21H31N3O2S/c1-4-25-12-13-26-17-19-8-5-7-18(15-19)16-23-21(22-2)24(3)11-10-20-9-6-14-27-20/h5-9,14-15H,4,10-13,16-17H2,1-3H3,(H,22,23). The number of nitrogens with zero attached hydrogens (tertiary/aromatic N) is 2. The smallest absolute Gasteiger partial charge is 0.193 e. The van der Waals surface area contributed by atoms with E-state index >= 15 is 0 Å². The van der Waals surface area contributed by atoms with E-state index in [0.29, 0.717) is 19.8 Å². The SMILES string of the molecule is CCOCCOCc1cccc(CNC(=NC)N(C)CCc2cccs2)c1. The van der Waals surface area contributed by atoms with Crippen molar-refractivity contribution in [3.8, 4) is 0 Å². The van der Waals surface area contributed by atoms with Gasteiger partial charge < -0.3 is 19.7 Å². The topological polar surface area (TPSA) is 46.1 Å². The molecule has 2 aromatic rings. The average molecular weight is 390 g/mol. The lowest BCUT2D eigenvalue weighted by Crippen LogP contribution is -2.39. The Labute approximate surface area is 167 Å². The minimum Gasteiger partial charge on any atom is -0.379 e. The van der Waals surface area contributed by atoms with Crippen LogP contribution < -0.4 is 5.32 Å². The van der Waals surface area contributed by atoms with E-state index in [2.05, 4.69) is 64.0 Å². The maximum atomic E-state index is 5.65. The minimum atomic E-state index is 0.607. The summed E-state index contributed by atoms with van der Waals surface area (Å²) in [5, 5.41) is 5.57. The Morgan fingerprint density at radius 1 is 1.15 bits per heavy atom. The number of likely N-dealkylation sites (N-methyl/N-ethyl adjacent to an activating group) is 1. The zero-order valence-corrected chi connectivity index (χ0v) is 17.4. The fraction of sp³-hybridized carbons (Fsp3) is 0.476. The maximum absolute atomic E-state index is 5.65. The normalized spacial score (nSPS) is 11.6. The molecule has 5 nitrogen and oxygen atoms in total. The van der Waals surface area contributed by atoms with Gasteiger partial charge in [0.25, 0.3) is 0 Å². The van der Waals surface area contributed by atoms with E-state index in [4.69, 9.17) is 9.47 Å². The van der Waals surface area contributed by atoms with Gasteiger partial charge in [-0.1, -0.05) is 30.3 Å². The van der Waals surface area contributed by atoms with Crippen molar-refractivity contribution in [3.63, 3.8) is 0 Å². The Morgan fingerprint density at radius 3 is 2.70 bits per heavy atom. The molecule has 0 atom stereocenters. The van der Waals surface area contributed by atoms with Gasteiger partial charge in [0.05, 0.1) is 19.8 Å². The Hall–Kier alpha value is -1.89. The van der Waals surface area contributed by atoms with Gasteiger partial charge in [0.2, 0.25) is 0 Å². The van der Waals surface area contributed by atoms with Crippen molar-refractivity contribution in [2.45, 2.75) is 26.5 Å². The van der Waals surface area contributed by atoms with E-state index in [-0.39, 0.29) is 0 Å². The van der Waals surface area contributed by atoms with Crippen LogP contribution in [0.25, 0.3) is 0 Å². The quantitative estimate of drug-likeness (QED) is 0.363. The van der Waals surface area contributed by atoms with Crippen molar-refractivity contribution in [2.24, 2.45) is 4.99 Å². The highest BCUT2D eigenvalue weighted by Gasteiger charge is 2.06. The summed E-state index contributed by atoms with van der Waals surface area (Å²) in [5.74, 6) is 0.907. The van der Waals surface area contributed by atoms with Crippen molar-refractivity contribution >= 4 is 17.3 Å². The summed E-state index contributed by atoms with van der Waals surface area (Å²) in [5.41, 5.74) is 2.39. The van der Waals surface area contributed by atoms with Crippen molar-refractivity contribution in [3.05, 3.63) is 57.8 Å². The molecule has 1 N–H and O–H groups in total. The van der Waals surface area contributed by atoms with E-state index in [1.165, 1.54) is 16.0 Å². The lowest BCUT2D eigenvalue weighted by Gasteiger charge is -2.22. The second-order valence-electron chi connectivity index (χ2n) is 6.22. The summed E-state index contributed by atoms with van der Waals surface area (Å²) in [6, 6.07) is 12.7. The number of nitrogens with one attached hydrogen (secondary N) is 1. The number of thiophene rings is 1. The fourth-order valence-electron chi connectivity index (χ4n) is 2.69. The van der Waals surface area contributed by atoms with Gasteiger partial charge >= 0.3 is 0 Å². The second-order valence-corrected chi connectivity index (χ2v) is 7.25. The molecule has 2 rings (SSSR count). The molecule has 0 aliphatic rings. The fourth-order valence-corrected chi connectivity index (χ4v) is 3.38. The molecule has 148 valence electrons. The Bertz CT molecular complexity index is 674. The van der Waals surface area contributed by atoms with Crippen LogP contribution >= 0.6 is 11.3 Å². The van der Waals surface area contributed by atoms with Crippen LogP contribution in [0.4, 0.5) is 0 Å². The lowest BCUT2D eigenvalue weighted by molar-refractivity contribution is 0.0453. The van der Waals surface area contributed by atoms with Gasteiger partial charge in [-0.15, -0.1) is 11.3 Å². The highest BCUT2D eigenvalue weighted by molar-refractivity contribution is 7.09. The molecule has 0 spiro atoms. The molecule has 1 heterocycles. The van der Waals surface area contributed by atoms with E-state index in [1.807, 2.05) is 14.0 Å². The number of aliphatic imine (C=N–C) groups is 1. The van der Waals surface area contributed by atoms with E-state index in [0.717, 1.165) is 32.1 Å². The molecular weight excluding hydrogens is 358 g/mol. The van der Waals surface area contributed by atoms with Crippen LogP contribution in [0.1, 0.15) is 22.9 Å². The molecule has 0 radical (unpaired) electrons. The molecule has 27 heavy (non-hydrogen) atoms. The predicted octanol–water partition coefficient (Wildman–Crippen LogP) is 3.55. The Kier molecular flexibility index (Phi) is 9.90. The molecular formula is C21H31N3O2S. The number of guanidine groups is 1. The average Bonchev–Trinajstić information content (AvgIpc) is 3.21. The van der Waals surface area contributed by atoms with Crippen molar-refractivity contribution < 1.29 is 9.47 Å². The zero-order valence-electron chi connectivity index (χ0n) is 16.6. The highest BCUT2D eigenvalue weighted by atomic mass is 32.1. The molecule has 0 saturated heterocycles. The molecule has 0 bridgehead atoms. The molecule has 0 unspecified atom stereocenters. The molecule has 0 aliphatic carbocycles. The molecule has 0 aliphatic heterocycles. The van der Waals surface area contributed by atoms with Crippen LogP contribution in [0.2, 0.25) is 0 Å². The van der Waals surface area contributed by atoms with Gasteiger partial charge in [-0.3, -0.25) is 4.99 Å². The van der Waals surface area contributed by atoms with Gasteiger partial charge in [0, 0.05) is 38.7 Å². The van der Waals surface area contributed by atoms with Crippen LogP contribution in [0.5, 0.6) is 0 Å². The number of benzene rings is 1. The van der Waals surface area contributed by atoms with Crippen LogP contribution in [-0.2, 0) is 29.0 Å². The van der Waals surface area contributed by atoms with Gasteiger partial charge in [0.15, 0.2) is 5.96 Å². The summed E-state index contributed by atoms with van der Waals surface area (Å²) in [7, 11) is 3.90. The predicted molar refractivity (Wildman–Crippen MR) is 113 cm³/mol. The third kappa shape index (κ3) is 8.12. The first-order valence-electron chi connectivity index (χ1n) is 9.40. The summed E-state index contributed by atoms with van der Waals surface area (Å²) < 4.78 is 10.9. The van der Waals surface area contributed by atoms with E-state index < -0.39 is 0 Å². The molecule has 0 fully saturated rings.